The van der Waals surface area contributed by atoms with Gasteiger partial charge in [-0.3, -0.25) is 0 Å². The Hall–Kier alpha value is -0.320. The highest BCUT2D eigenvalue weighted by atomic mass is 127. The zero-order valence-electron chi connectivity index (χ0n) is 18.4. The van der Waals surface area contributed by atoms with Gasteiger partial charge in [0.1, 0.15) is 0 Å². The minimum atomic E-state index is -8.23. The van der Waals surface area contributed by atoms with Crippen molar-refractivity contribution in [1.29, 1.82) is 0 Å². The monoisotopic (exact) mass is 664 g/mol. The Balaban J connectivity index is 6.04. The first-order valence-corrected chi connectivity index (χ1v) is 11.4. The second kappa shape index (κ2) is 11.2. The molecule has 0 rings (SSSR count). The lowest BCUT2D eigenvalue weighted by Crippen LogP contribution is -2.72. The highest BCUT2D eigenvalue weighted by Crippen LogP contribution is 2.63. The van der Waals surface area contributed by atoms with Crippen molar-refractivity contribution >= 4 is 22.6 Å². The van der Waals surface area contributed by atoms with Crippen LogP contribution >= 0.6 is 22.6 Å². The number of halogens is 16. The van der Waals surface area contributed by atoms with Crippen LogP contribution in [0, 0.1) is 0 Å². The summed E-state index contributed by atoms with van der Waals surface area (Å²) >= 11 is 1.20. The molecule has 0 aromatic heterocycles. The Morgan fingerprint density at radius 2 is 0.857 bits per heavy atom. The summed E-state index contributed by atoms with van der Waals surface area (Å²) in [7, 11) is 0. The number of hydrogen-bond donors (Lipinski definition) is 0. The molecule has 0 fully saturated rings. The van der Waals surface area contributed by atoms with Crippen LogP contribution in [0.1, 0.15) is 71.6 Å². The highest BCUT2D eigenvalue weighted by molar-refractivity contribution is 14.1. The van der Waals surface area contributed by atoms with Crippen molar-refractivity contribution in [2.24, 2.45) is 0 Å². The van der Waals surface area contributed by atoms with E-state index in [-0.39, 0.29) is 12.8 Å². The molecule has 0 amide bonds. The first-order valence-electron chi connectivity index (χ1n) is 10.4. The van der Waals surface area contributed by atoms with Crippen LogP contribution in [0.2, 0.25) is 0 Å². The zero-order valence-corrected chi connectivity index (χ0v) is 20.6. The fourth-order valence-corrected chi connectivity index (χ4v) is 3.98. The Bertz CT molecular complexity index is 672. The molecule has 0 aliphatic carbocycles. The maximum Gasteiger partial charge on any atom is 0.460 e. The molecule has 0 saturated carbocycles. The molecule has 0 aliphatic rings. The number of hydrogen-bond acceptors (Lipinski definition) is 0. The van der Waals surface area contributed by atoms with Crippen LogP contribution in [0.15, 0.2) is 0 Å². The molecule has 0 N–H and O–H groups in total. The van der Waals surface area contributed by atoms with Crippen LogP contribution in [0.4, 0.5) is 65.9 Å². The fraction of sp³-hybridized carbons (Fsp3) is 1.00. The van der Waals surface area contributed by atoms with Gasteiger partial charge in [-0.1, -0.05) is 75.0 Å². The van der Waals surface area contributed by atoms with E-state index in [1.165, 1.54) is 29.5 Å². The SMILES string of the molecule is CCCCCCCCC(I)(CC)CC(F)(F)C(F)(F)C(F)(F)C(F)(F)C(F)(F)C(F)(F)C(F)(F)F. The van der Waals surface area contributed by atoms with Crippen molar-refractivity contribution in [2.75, 3.05) is 0 Å². The Kier molecular flexibility index (Phi) is 11.1. The van der Waals surface area contributed by atoms with Crippen molar-refractivity contribution < 1.29 is 65.9 Å². The summed E-state index contributed by atoms with van der Waals surface area (Å²) in [6.45, 7) is 3.07. The predicted molar refractivity (Wildman–Crippen MR) is 105 cm³/mol. The summed E-state index contributed by atoms with van der Waals surface area (Å²) in [4.78, 5) is 0. The molecule has 212 valence electrons. The van der Waals surface area contributed by atoms with Gasteiger partial charge in [0.2, 0.25) is 0 Å². The lowest BCUT2D eigenvalue weighted by molar-refractivity contribution is -0.452. The first kappa shape index (κ1) is 34.7. The average molecular weight is 664 g/mol. The molecule has 1 atom stereocenters. The van der Waals surface area contributed by atoms with Gasteiger partial charge in [-0.25, -0.2) is 0 Å². The Morgan fingerprint density at radius 3 is 1.26 bits per heavy atom. The second-order valence-corrected chi connectivity index (χ2v) is 10.6. The molecule has 0 aromatic carbocycles. The van der Waals surface area contributed by atoms with Gasteiger partial charge in [-0.15, -0.1) is 0 Å². The predicted octanol–water partition coefficient (Wildman–Crippen LogP) is 10.1. The van der Waals surface area contributed by atoms with Crippen molar-refractivity contribution in [3.8, 4) is 0 Å². The van der Waals surface area contributed by atoms with E-state index < -0.39 is 58.0 Å². The first-order chi connectivity index (χ1) is 15.3. The molecule has 0 spiro atoms. The van der Waals surface area contributed by atoms with E-state index in [1.54, 1.807) is 0 Å². The molecule has 0 nitrogen and oxygen atoms in total. The van der Waals surface area contributed by atoms with Gasteiger partial charge in [0.05, 0.1) is 0 Å². The van der Waals surface area contributed by atoms with Crippen LogP contribution in [0.5, 0.6) is 0 Å². The van der Waals surface area contributed by atoms with Crippen LogP contribution in [0.3, 0.4) is 0 Å². The standard InChI is InChI=1S/C19H24F15I/c1-3-5-6-7-8-9-10-12(35,4-2)11-13(20,21)14(22,23)15(24,25)16(26,27)17(28,29)18(30,31)19(32,33)34/h3-11H2,1-2H3. The topological polar surface area (TPSA) is 0 Å². The van der Waals surface area contributed by atoms with Gasteiger partial charge in [-0.05, 0) is 12.8 Å². The smallest absolute Gasteiger partial charge is 0.200 e. The van der Waals surface area contributed by atoms with Crippen LogP contribution in [-0.2, 0) is 0 Å². The third kappa shape index (κ3) is 6.58. The minimum absolute atomic E-state index is 0.130. The third-order valence-corrected chi connectivity index (χ3v) is 7.23. The molecule has 0 aromatic rings. The molecule has 0 radical (unpaired) electrons. The molecular weight excluding hydrogens is 640 g/mol. The van der Waals surface area contributed by atoms with E-state index in [4.69, 9.17) is 0 Å². The van der Waals surface area contributed by atoms with Crippen LogP contribution in [-0.4, -0.2) is 45.1 Å². The van der Waals surface area contributed by atoms with E-state index in [0.29, 0.717) is 12.8 Å². The molecule has 16 heteroatoms. The fourth-order valence-electron chi connectivity index (χ4n) is 3.12. The Morgan fingerprint density at radius 1 is 0.486 bits per heavy atom. The molecular formula is C19H24F15I. The number of alkyl halides is 16. The summed E-state index contributed by atoms with van der Waals surface area (Å²) in [5.41, 5.74) is 0. The van der Waals surface area contributed by atoms with E-state index >= 15 is 0 Å². The molecule has 35 heavy (non-hydrogen) atoms. The zero-order chi connectivity index (χ0) is 28.4. The van der Waals surface area contributed by atoms with E-state index in [1.807, 2.05) is 6.92 Å². The van der Waals surface area contributed by atoms with Crippen molar-refractivity contribution in [2.45, 2.75) is 117 Å². The molecule has 0 saturated heterocycles. The lowest BCUT2D eigenvalue weighted by atomic mass is 9.85. The maximum atomic E-state index is 14.3. The van der Waals surface area contributed by atoms with Gasteiger partial charge in [0.15, 0.2) is 0 Å². The normalized spacial score (nSPS) is 17.0. The van der Waals surface area contributed by atoms with Crippen LogP contribution in [0.25, 0.3) is 0 Å². The van der Waals surface area contributed by atoms with Gasteiger partial charge in [0, 0.05) is 9.84 Å². The summed E-state index contributed by atoms with van der Waals surface area (Å²) in [5, 5.41) is 0. The molecule has 0 bridgehead atoms. The Labute approximate surface area is 205 Å². The van der Waals surface area contributed by atoms with Crippen molar-refractivity contribution in [3.63, 3.8) is 0 Å². The van der Waals surface area contributed by atoms with E-state index in [2.05, 4.69) is 0 Å². The van der Waals surface area contributed by atoms with Gasteiger partial charge < -0.3 is 0 Å². The number of unbranched alkanes of at least 4 members (excludes halogenated alkanes) is 5. The molecule has 0 aliphatic heterocycles. The quantitative estimate of drug-likeness (QED) is 0.0708. The van der Waals surface area contributed by atoms with Gasteiger partial charge >= 0.3 is 41.7 Å². The van der Waals surface area contributed by atoms with Gasteiger partial charge in [0.25, 0.3) is 0 Å². The summed E-state index contributed by atoms with van der Waals surface area (Å²) in [6, 6.07) is 0. The second-order valence-electron chi connectivity index (χ2n) is 8.27. The minimum Gasteiger partial charge on any atom is -0.200 e. The van der Waals surface area contributed by atoms with Crippen LogP contribution < -0.4 is 0 Å². The highest BCUT2D eigenvalue weighted by Gasteiger charge is 2.93. The molecule has 0 heterocycles. The average Bonchev–Trinajstić information content (AvgIpc) is 2.68. The summed E-state index contributed by atoms with van der Waals surface area (Å²) in [5.74, 6) is -46.0. The largest absolute Gasteiger partial charge is 0.460 e. The van der Waals surface area contributed by atoms with E-state index in [0.717, 1.165) is 19.3 Å². The lowest BCUT2D eigenvalue weighted by Gasteiger charge is -2.43. The molecule has 1 unspecified atom stereocenters. The van der Waals surface area contributed by atoms with Crippen molar-refractivity contribution in [3.05, 3.63) is 0 Å². The van der Waals surface area contributed by atoms with Crippen molar-refractivity contribution in [1.82, 2.24) is 0 Å². The number of rotatable bonds is 15. The summed E-state index contributed by atoms with van der Waals surface area (Å²) in [6.07, 6.45) is -6.92. The summed E-state index contributed by atoms with van der Waals surface area (Å²) < 4.78 is 198. The van der Waals surface area contributed by atoms with Gasteiger partial charge in [-0.2, -0.15) is 65.9 Å². The third-order valence-electron chi connectivity index (χ3n) is 5.54. The van der Waals surface area contributed by atoms with E-state index in [9.17, 15) is 65.9 Å². The maximum absolute atomic E-state index is 14.3.